The Morgan fingerprint density at radius 3 is 2.62 bits per heavy atom. The number of sulfone groups is 1. The molecule has 1 atom stereocenters. The van der Waals surface area contributed by atoms with Crippen molar-refractivity contribution in [2.45, 2.75) is 6.10 Å². The number of aliphatic hydroxyl groups is 1. The molecule has 2 aromatic heterocycles. The predicted octanol–water partition coefficient (Wildman–Crippen LogP) is 3.12. The molecule has 0 aliphatic heterocycles. The van der Waals surface area contributed by atoms with Crippen LogP contribution in [-0.4, -0.2) is 40.5 Å². The van der Waals surface area contributed by atoms with Gasteiger partial charge < -0.3 is 10.1 Å². The number of aliphatic hydroxyl groups excluding tert-OH is 1. The number of hydrogen-bond acceptors (Lipinski definition) is 5. The molecule has 1 aromatic carbocycles. The van der Waals surface area contributed by atoms with Crippen LogP contribution in [0.1, 0.15) is 11.8 Å². The Morgan fingerprint density at radius 1 is 1.33 bits per heavy atom. The van der Waals surface area contributed by atoms with Gasteiger partial charge >= 0.3 is 0 Å². The van der Waals surface area contributed by atoms with Crippen LogP contribution < -0.4 is 0 Å². The van der Waals surface area contributed by atoms with E-state index in [4.69, 9.17) is 11.6 Å². The third-order valence-electron chi connectivity index (χ3n) is 3.45. The van der Waals surface area contributed by atoms with E-state index >= 15 is 0 Å². The molecule has 6 nitrogen and oxygen atoms in total. The van der Waals surface area contributed by atoms with Gasteiger partial charge in [-0.1, -0.05) is 11.6 Å². The van der Waals surface area contributed by atoms with Gasteiger partial charge in [0.2, 0.25) is 0 Å². The minimum Gasteiger partial charge on any atom is -0.386 e. The summed E-state index contributed by atoms with van der Waals surface area (Å²) in [5, 5.41) is 11.6. The van der Waals surface area contributed by atoms with Gasteiger partial charge in [0.15, 0.2) is 5.82 Å². The van der Waals surface area contributed by atoms with Crippen LogP contribution in [-0.2, 0) is 9.84 Å². The van der Waals surface area contributed by atoms with Crippen molar-refractivity contribution in [3.63, 3.8) is 0 Å². The van der Waals surface area contributed by atoms with E-state index in [9.17, 15) is 13.5 Å². The molecule has 0 aliphatic carbocycles. The highest BCUT2D eigenvalue weighted by Crippen LogP contribution is 2.37. The minimum atomic E-state index is -3.37. The van der Waals surface area contributed by atoms with Crippen molar-refractivity contribution in [3.05, 3.63) is 45.8 Å². The Labute approximate surface area is 152 Å². The number of halogens is 2. The molecule has 0 radical (unpaired) electrons. The lowest BCUT2D eigenvalue weighted by molar-refractivity contribution is 0.198. The highest BCUT2D eigenvalue weighted by Gasteiger charge is 2.24. The van der Waals surface area contributed by atoms with Gasteiger partial charge in [0.05, 0.1) is 22.0 Å². The lowest BCUT2D eigenvalue weighted by atomic mass is 10.1. The Morgan fingerprint density at radius 2 is 2.00 bits per heavy atom. The summed E-state index contributed by atoms with van der Waals surface area (Å²) in [5.74, 6) is -0.0288. The fraction of sp³-hybridized carbons (Fsp3) is 0.200. The largest absolute Gasteiger partial charge is 0.386 e. The average Bonchev–Trinajstić information content (AvgIpc) is 2.85. The van der Waals surface area contributed by atoms with Crippen molar-refractivity contribution in [3.8, 4) is 11.4 Å². The van der Waals surface area contributed by atoms with Gasteiger partial charge in [0.25, 0.3) is 0 Å². The SMILES string of the molecule is CS(=O)(=O)CC(O)c1[nH]c2cc(Br)c(Cl)cc2c1-c1ncccn1. The van der Waals surface area contributed by atoms with Gasteiger partial charge in [0.1, 0.15) is 15.9 Å². The number of nitrogens with one attached hydrogen (secondary N) is 1. The van der Waals surface area contributed by atoms with E-state index in [2.05, 4.69) is 30.9 Å². The summed E-state index contributed by atoms with van der Waals surface area (Å²) >= 11 is 9.53. The van der Waals surface area contributed by atoms with Crippen LogP contribution in [0.15, 0.2) is 35.1 Å². The molecule has 3 aromatic rings. The smallest absolute Gasteiger partial charge is 0.161 e. The summed E-state index contributed by atoms with van der Waals surface area (Å²) in [6.45, 7) is 0. The number of aromatic amines is 1. The van der Waals surface area contributed by atoms with Crippen LogP contribution in [0.2, 0.25) is 5.02 Å². The highest BCUT2D eigenvalue weighted by atomic mass is 79.9. The standard InChI is InChI=1S/C15H13BrClN3O3S/c1-24(22,23)7-12(21)14-13(15-18-3-2-4-19-15)8-5-10(17)9(16)6-11(8)20-14/h2-6,12,20-21H,7H2,1H3. The Hall–Kier alpha value is -1.48. The van der Waals surface area contributed by atoms with Gasteiger partial charge in [-0.25, -0.2) is 18.4 Å². The molecule has 0 aliphatic rings. The summed E-state index contributed by atoms with van der Waals surface area (Å²) < 4.78 is 23.8. The molecule has 0 bridgehead atoms. The Bertz CT molecular complexity index is 1010. The van der Waals surface area contributed by atoms with E-state index in [0.29, 0.717) is 37.5 Å². The molecule has 2 heterocycles. The molecular weight excluding hydrogens is 418 g/mol. The molecule has 3 rings (SSSR count). The van der Waals surface area contributed by atoms with Gasteiger partial charge in [-0.05, 0) is 34.1 Å². The van der Waals surface area contributed by atoms with E-state index in [0.717, 1.165) is 6.26 Å². The van der Waals surface area contributed by atoms with Crippen LogP contribution in [0, 0.1) is 0 Å². The van der Waals surface area contributed by atoms with Crippen LogP contribution in [0.4, 0.5) is 0 Å². The van der Waals surface area contributed by atoms with Crippen molar-refractivity contribution in [1.82, 2.24) is 15.0 Å². The predicted molar refractivity (Wildman–Crippen MR) is 96.7 cm³/mol. The van der Waals surface area contributed by atoms with Crippen LogP contribution in [0.3, 0.4) is 0 Å². The summed E-state index contributed by atoms with van der Waals surface area (Å²) in [6.07, 6.45) is 3.00. The molecule has 24 heavy (non-hydrogen) atoms. The van der Waals surface area contributed by atoms with Crippen molar-refractivity contribution in [2.75, 3.05) is 12.0 Å². The maximum Gasteiger partial charge on any atom is 0.161 e. The lowest BCUT2D eigenvalue weighted by Crippen LogP contribution is -2.14. The summed E-state index contributed by atoms with van der Waals surface area (Å²) in [4.78, 5) is 11.5. The maximum absolute atomic E-state index is 11.6. The number of H-pyrrole nitrogens is 1. The first-order chi connectivity index (χ1) is 11.3. The van der Waals surface area contributed by atoms with Gasteiger partial charge in [0, 0.05) is 34.0 Å². The van der Waals surface area contributed by atoms with Gasteiger partial charge in [-0.3, -0.25) is 0 Å². The normalized spacial score (nSPS) is 13.3. The summed E-state index contributed by atoms with van der Waals surface area (Å²) in [6, 6.07) is 5.16. The summed E-state index contributed by atoms with van der Waals surface area (Å²) in [5.41, 5.74) is 1.57. The van der Waals surface area contributed by atoms with Crippen molar-refractivity contribution < 1.29 is 13.5 Å². The van der Waals surface area contributed by atoms with Gasteiger partial charge in [-0.15, -0.1) is 0 Å². The first-order valence-corrected chi connectivity index (χ1v) is 10.1. The Kier molecular flexibility index (Phi) is 4.65. The third-order valence-corrected chi connectivity index (χ3v) is 5.57. The van der Waals surface area contributed by atoms with Gasteiger partial charge in [-0.2, -0.15) is 0 Å². The van der Waals surface area contributed by atoms with Crippen LogP contribution >= 0.6 is 27.5 Å². The van der Waals surface area contributed by atoms with Crippen LogP contribution in [0.25, 0.3) is 22.3 Å². The fourth-order valence-electron chi connectivity index (χ4n) is 2.50. The first-order valence-electron chi connectivity index (χ1n) is 6.90. The molecule has 0 fully saturated rings. The molecule has 1 unspecified atom stereocenters. The fourth-order valence-corrected chi connectivity index (χ4v) is 3.75. The minimum absolute atomic E-state index is 0.343. The quantitative estimate of drug-likeness (QED) is 0.663. The number of rotatable bonds is 4. The van der Waals surface area contributed by atoms with E-state index in [1.165, 1.54) is 0 Å². The second kappa shape index (κ2) is 6.44. The van der Waals surface area contributed by atoms with Crippen molar-refractivity contribution in [2.24, 2.45) is 0 Å². The van der Waals surface area contributed by atoms with E-state index in [1.54, 1.807) is 30.6 Å². The zero-order valence-corrected chi connectivity index (χ0v) is 15.7. The first kappa shape index (κ1) is 17.3. The number of aromatic nitrogens is 3. The van der Waals surface area contributed by atoms with E-state index in [1.807, 2.05) is 0 Å². The zero-order chi connectivity index (χ0) is 17.5. The van der Waals surface area contributed by atoms with Crippen LogP contribution in [0.5, 0.6) is 0 Å². The number of hydrogen-bond donors (Lipinski definition) is 2. The molecule has 0 saturated heterocycles. The molecule has 0 spiro atoms. The molecule has 126 valence electrons. The highest BCUT2D eigenvalue weighted by molar-refractivity contribution is 9.10. The maximum atomic E-state index is 11.6. The monoisotopic (exact) mass is 429 g/mol. The third kappa shape index (κ3) is 3.46. The average molecular weight is 431 g/mol. The second-order valence-corrected chi connectivity index (χ2v) is 8.85. The van der Waals surface area contributed by atoms with Crippen molar-refractivity contribution in [1.29, 1.82) is 0 Å². The molecular formula is C15H13BrClN3O3S. The Balaban J connectivity index is 2.28. The van der Waals surface area contributed by atoms with E-state index < -0.39 is 21.7 Å². The topological polar surface area (TPSA) is 95.9 Å². The van der Waals surface area contributed by atoms with E-state index in [-0.39, 0.29) is 0 Å². The lowest BCUT2D eigenvalue weighted by Gasteiger charge is -2.10. The number of benzene rings is 1. The molecule has 0 amide bonds. The summed E-state index contributed by atoms with van der Waals surface area (Å²) in [7, 11) is -3.37. The zero-order valence-electron chi connectivity index (χ0n) is 12.5. The number of fused-ring (bicyclic) bond motifs is 1. The second-order valence-electron chi connectivity index (χ2n) is 5.41. The molecule has 9 heteroatoms. The number of nitrogens with zero attached hydrogens (tertiary/aromatic N) is 2. The van der Waals surface area contributed by atoms with Crippen molar-refractivity contribution >= 4 is 48.3 Å². The molecule has 2 N–H and O–H groups in total. The molecule has 0 saturated carbocycles.